The van der Waals surface area contributed by atoms with Crippen LogP contribution in [0.1, 0.15) is 29.5 Å². The second-order valence-corrected chi connectivity index (χ2v) is 7.67. The maximum Gasteiger partial charge on any atom is 0.416 e. The van der Waals surface area contributed by atoms with Crippen LogP contribution in [-0.4, -0.2) is 33.3 Å². The largest absolute Gasteiger partial charge is 0.416 e. The van der Waals surface area contributed by atoms with Gasteiger partial charge in [0.15, 0.2) is 0 Å². The highest BCUT2D eigenvalue weighted by Crippen LogP contribution is 2.37. The number of piperidine rings is 1. The molecule has 0 amide bonds. The number of benzene rings is 2. The average molecular weight is 419 g/mol. The van der Waals surface area contributed by atoms with Crippen LogP contribution in [0.25, 0.3) is 11.3 Å². The van der Waals surface area contributed by atoms with Crippen LogP contribution in [0.5, 0.6) is 0 Å². The first kappa shape index (κ1) is 20.6. The summed E-state index contributed by atoms with van der Waals surface area (Å²) < 4.78 is 52.6. The van der Waals surface area contributed by atoms with Gasteiger partial charge in [-0.2, -0.15) is 18.3 Å². The fraction of sp³-hybridized carbons (Fsp3) is 0.318. The zero-order valence-electron chi connectivity index (χ0n) is 16.1. The molecular weight excluding hydrogens is 398 g/mol. The summed E-state index contributed by atoms with van der Waals surface area (Å²) in [6.07, 6.45) is -2.11. The number of halogens is 4. The molecule has 3 aromatic rings. The Hall–Kier alpha value is -2.71. The van der Waals surface area contributed by atoms with E-state index in [1.165, 1.54) is 18.2 Å². The van der Waals surface area contributed by atoms with E-state index in [0.29, 0.717) is 43.6 Å². The van der Waals surface area contributed by atoms with Crippen molar-refractivity contribution in [3.63, 3.8) is 0 Å². The smallest absolute Gasteiger partial charge is 0.385 e. The summed E-state index contributed by atoms with van der Waals surface area (Å²) in [5.41, 5.74) is 0.563. The highest BCUT2D eigenvalue weighted by atomic mass is 19.4. The number of alkyl halides is 3. The van der Waals surface area contributed by atoms with Crippen molar-refractivity contribution in [2.45, 2.75) is 31.2 Å². The summed E-state index contributed by atoms with van der Waals surface area (Å²) in [6, 6.07) is 11.2. The van der Waals surface area contributed by atoms with E-state index < -0.39 is 17.3 Å². The Morgan fingerprint density at radius 3 is 2.50 bits per heavy atom. The Morgan fingerprint density at radius 2 is 1.80 bits per heavy atom. The third-order valence-electron chi connectivity index (χ3n) is 5.64. The molecule has 2 heterocycles. The number of hydrogen-bond acceptors (Lipinski definition) is 3. The van der Waals surface area contributed by atoms with Crippen molar-refractivity contribution < 1.29 is 22.7 Å². The van der Waals surface area contributed by atoms with Crippen molar-refractivity contribution in [3.05, 3.63) is 77.2 Å². The minimum atomic E-state index is -4.44. The number of rotatable bonds is 4. The predicted octanol–water partition coefficient (Wildman–Crippen LogP) is 4.72. The SMILES string of the molecule is OC1(c2cccc(C(F)(F)F)c2)CCN(Cc2cn[nH]c2-c2cccc(F)c2)CC1. The standard InChI is InChI=1S/C22H21F4N3O/c23-19-6-1-3-15(11-19)20-16(13-27-28-20)14-29-9-7-21(30,8-10-29)17-4-2-5-18(12-17)22(24,25)26/h1-6,11-13,30H,7-10,14H2,(H,27,28). The van der Waals surface area contributed by atoms with Gasteiger partial charge in [0.2, 0.25) is 0 Å². The number of likely N-dealkylation sites (tertiary alicyclic amines) is 1. The van der Waals surface area contributed by atoms with E-state index in [1.807, 2.05) is 0 Å². The van der Waals surface area contributed by atoms with Gasteiger partial charge in [-0.05, 0) is 42.7 Å². The van der Waals surface area contributed by atoms with Crippen LogP contribution in [0.15, 0.2) is 54.7 Å². The highest BCUT2D eigenvalue weighted by Gasteiger charge is 2.37. The number of nitrogens with zero attached hydrogens (tertiary/aromatic N) is 2. The van der Waals surface area contributed by atoms with E-state index >= 15 is 0 Å². The Bertz CT molecular complexity index is 1020. The predicted molar refractivity (Wildman–Crippen MR) is 104 cm³/mol. The molecular formula is C22H21F4N3O. The van der Waals surface area contributed by atoms with Gasteiger partial charge in [0, 0.05) is 30.8 Å². The molecule has 2 N–H and O–H groups in total. The number of aliphatic hydroxyl groups is 1. The van der Waals surface area contributed by atoms with E-state index in [1.54, 1.807) is 24.4 Å². The van der Waals surface area contributed by atoms with E-state index in [4.69, 9.17) is 0 Å². The van der Waals surface area contributed by atoms with Crippen molar-refractivity contribution in [1.29, 1.82) is 0 Å². The first-order chi connectivity index (χ1) is 14.2. The van der Waals surface area contributed by atoms with Crippen molar-refractivity contribution in [3.8, 4) is 11.3 Å². The van der Waals surface area contributed by atoms with Crippen LogP contribution in [0, 0.1) is 5.82 Å². The molecule has 0 spiro atoms. The van der Waals surface area contributed by atoms with Crippen molar-refractivity contribution in [2.24, 2.45) is 0 Å². The fourth-order valence-electron chi connectivity index (χ4n) is 3.92. The molecule has 1 aromatic heterocycles. The van der Waals surface area contributed by atoms with Gasteiger partial charge in [0.05, 0.1) is 23.1 Å². The number of aromatic nitrogens is 2. The molecule has 2 aromatic carbocycles. The lowest BCUT2D eigenvalue weighted by Gasteiger charge is -2.38. The molecule has 1 saturated heterocycles. The minimum absolute atomic E-state index is 0.292. The van der Waals surface area contributed by atoms with Gasteiger partial charge in [0.1, 0.15) is 5.82 Å². The molecule has 0 aliphatic carbocycles. The molecule has 0 atom stereocenters. The average Bonchev–Trinajstić information content (AvgIpc) is 3.17. The summed E-state index contributed by atoms with van der Waals surface area (Å²) in [7, 11) is 0. The molecule has 1 aliphatic heterocycles. The molecule has 0 unspecified atom stereocenters. The lowest BCUT2D eigenvalue weighted by molar-refractivity contribution is -0.137. The molecule has 30 heavy (non-hydrogen) atoms. The molecule has 0 radical (unpaired) electrons. The van der Waals surface area contributed by atoms with Crippen LogP contribution < -0.4 is 0 Å². The number of aromatic amines is 1. The summed E-state index contributed by atoms with van der Waals surface area (Å²) in [4.78, 5) is 2.11. The second-order valence-electron chi connectivity index (χ2n) is 7.67. The van der Waals surface area contributed by atoms with Crippen LogP contribution in [0.4, 0.5) is 17.6 Å². The number of hydrogen-bond donors (Lipinski definition) is 2. The van der Waals surface area contributed by atoms with Gasteiger partial charge in [-0.3, -0.25) is 10.00 Å². The van der Waals surface area contributed by atoms with Gasteiger partial charge in [-0.25, -0.2) is 4.39 Å². The summed E-state index contributed by atoms with van der Waals surface area (Å²) >= 11 is 0. The van der Waals surface area contributed by atoms with E-state index in [2.05, 4.69) is 15.1 Å². The monoisotopic (exact) mass is 419 g/mol. The first-order valence-electron chi connectivity index (χ1n) is 9.65. The van der Waals surface area contributed by atoms with Gasteiger partial charge in [-0.15, -0.1) is 0 Å². The maximum absolute atomic E-state index is 13.6. The molecule has 1 fully saturated rings. The Kier molecular flexibility index (Phi) is 5.38. The topological polar surface area (TPSA) is 52.1 Å². The van der Waals surface area contributed by atoms with Gasteiger partial charge in [-0.1, -0.05) is 24.3 Å². The molecule has 0 bridgehead atoms. The van der Waals surface area contributed by atoms with Gasteiger partial charge < -0.3 is 5.11 Å². The molecule has 0 saturated carbocycles. The Morgan fingerprint density at radius 1 is 1.07 bits per heavy atom. The zero-order valence-corrected chi connectivity index (χ0v) is 16.1. The zero-order chi connectivity index (χ0) is 21.4. The lowest BCUT2D eigenvalue weighted by Crippen LogP contribution is -2.42. The third kappa shape index (κ3) is 4.24. The van der Waals surface area contributed by atoms with E-state index in [0.717, 1.165) is 23.4 Å². The second kappa shape index (κ2) is 7.85. The van der Waals surface area contributed by atoms with Crippen LogP contribution in [0.2, 0.25) is 0 Å². The summed E-state index contributed by atoms with van der Waals surface area (Å²) in [5, 5.41) is 18.0. The Balaban J connectivity index is 1.46. The van der Waals surface area contributed by atoms with Crippen molar-refractivity contribution in [1.82, 2.24) is 15.1 Å². The summed E-state index contributed by atoms with van der Waals surface area (Å²) in [5.74, 6) is -0.336. The fourth-order valence-corrected chi connectivity index (χ4v) is 3.92. The lowest BCUT2D eigenvalue weighted by atomic mass is 9.83. The van der Waals surface area contributed by atoms with Gasteiger partial charge >= 0.3 is 6.18 Å². The van der Waals surface area contributed by atoms with Crippen LogP contribution in [-0.2, 0) is 18.3 Å². The van der Waals surface area contributed by atoms with E-state index in [9.17, 15) is 22.7 Å². The van der Waals surface area contributed by atoms with Crippen molar-refractivity contribution in [2.75, 3.05) is 13.1 Å². The minimum Gasteiger partial charge on any atom is -0.385 e. The highest BCUT2D eigenvalue weighted by molar-refractivity contribution is 5.62. The molecule has 8 heteroatoms. The molecule has 4 nitrogen and oxygen atoms in total. The first-order valence-corrected chi connectivity index (χ1v) is 9.65. The normalized spacial score (nSPS) is 17.2. The maximum atomic E-state index is 13.6. The van der Waals surface area contributed by atoms with Crippen LogP contribution in [0.3, 0.4) is 0 Å². The molecule has 4 rings (SSSR count). The number of H-pyrrole nitrogens is 1. The quantitative estimate of drug-likeness (QED) is 0.602. The summed E-state index contributed by atoms with van der Waals surface area (Å²) in [6.45, 7) is 1.57. The van der Waals surface area contributed by atoms with E-state index in [-0.39, 0.29) is 5.82 Å². The number of nitrogens with one attached hydrogen (secondary N) is 1. The van der Waals surface area contributed by atoms with Crippen LogP contribution >= 0.6 is 0 Å². The van der Waals surface area contributed by atoms with Crippen molar-refractivity contribution >= 4 is 0 Å². The molecule has 158 valence electrons. The van der Waals surface area contributed by atoms with Gasteiger partial charge in [0.25, 0.3) is 0 Å². The molecule has 1 aliphatic rings. The Labute approximate surface area is 171 Å². The third-order valence-corrected chi connectivity index (χ3v) is 5.64.